The maximum absolute atomic E-state index is 11.7. The lowest BCUT2D eigenvalue weighted by Gasteiger charge is -2.16. The molecule has 1 unspecified atom stereocenters. The fraction of sp³-hybridized carbons (Fsp3) is 0.364. The summed E-state index contributed by atoms with van der Waals surface area (Å²) in [6.07, 6.45) is 1.66. The molecule has 2 aromatic rings. The van der Waals surface area contributed by atoms with Gasteiger partial charge in [0.15, 0.2) is 5.65 Å². The van der Waals surface area contributed by atoms with Gasteiger partial charge in [0.1, 0.15) is 6.04 Å². The summed E-state index contributed by atoms with van der Waals surface area (Å²) in [5.74, 6) is 0.367. The third-order valence-corrected chi connectivity index (χ3v) is 2.68. The molecular formula is C11H14ClN5O. The van der Waals surface area contributed by atoms with Gasteiger partial charge in [0.25, 0.3) is 0 Å². The van der Waals surface area contributed by atoms with E-state index >= 15 is 0 Å². The molecule has 18 heavy (non-hydrogen) atoms. The van der Waals surface area contributed by atoms with E-state index in [1.54, 1.807) is 43.9 Å². The van der Waals surface area contributed by atoms with Crippen molar-refractivity contribution >= 4 is 29.1 Å². The predicted molar refractivity (Wildman–Crippen MR) is 69.8 cm³/mol. The Kier molecular flexibility index (Phi) is 3.38. The number of nitrogens with zero attached hydrogens (tertiary/aromatic N) is 4. The molecule has 0 saturated carbocycles. The van der Waals surface area contributed by atoms with Crippen LogP contribution in [0.2, 0.25) is 5.02 Å². The first-order chi connectivity index (χ1) is 8.47. The van der Waals surface area contributed by atoms with Crippen LogP contribution in [0.4, 0.5) is 5.95 Å². The lowest BCUT2D eigenvalue weighted by atomic mass is 10.3. The largest absolute Gasteiger partial charge is 0.347 e. The lowest BCUT2D eigenvalue weighted by Crippen LogP contribution is -2.36. The van der Waals surface area contributed by atoms with Crippen LogP contribution in [-0.2, 0) is 4.79 Å². The van der Waals surface area contributed by atoms with Crippen molar-refractivity contribution in [1.29, 1.82) is 0 Å². The van der Waals surface area contributed by atoms with Gasteiger partial charge in [0.05, 0.1) is 5.02 Å². The number of anilines is 1. The highest BCUT2D eigenvalue weighted by atomic mass is 35.5. The quantitative estimate of drug-likeness (QED) is 0.910. The molecule has 2 aromatic heterocycles. The number of hydrogen-bond acceptors (Lipinski definition) is 4. The van der Waals surface area contributed by atoms with E-state index in [4.69, 9.17) is 11.6 Å². The summed E-state index contributed by atoms with van der Waals surface area (Å²) in [7, 11) is 3.41. The first-order valence-corrected chi connectivity index (χ1v) is 5.85. The van der Waals surface area contributed by atoms with Crippen LogP contribution in [-0.4, -0.2) is 45.5 Å². The number of pyridine rings is 1. The van der Waals surface area contributed by atoms with Gasteiger partial charge in [-0.15, -0.1) is 5.10 Å². The Bertz CT molecular complexity index is 580. The molecule has 0 aliphatic rings. The number of fused-ring (bicyclic) bond motifs is 1. The molecule has 0 fully saturated rings. The minimum absolute atomic E-state index is 0.0353. The monoisotopic (exact) mass is 267 g/mol. The zero-order chi connectivity index (χ0) is 13.3. The van der Waals surface area contributed by atoms with E-state index < -0.39 is 0 Å². The van der Waals surface area contributed by atoms with Crippen molar-refractivity contribution in [2.45, 2.75) is 13.0 Å². The van der Waals surface area contributed by atoms with Crippen LogP contribution in [0.5, 0.6) is 0 Å². The maximum atomic E-state index is 11.7. The van der Waals surface area contributed by atoms with Crippen molar-refractivity contribution in [2.24, 2.45) is 0 Å². The summed E-state index contributed by atoms with van der Waals surface area (Å²) in [4.78, 5) is 17.5. The minimum Gasteiger partial charge on any atom is -0.347 e. The molecule has 0 aliphatic heterocycles. The van der Waals surface area contributed by atoms with Gasteiger partial charge in [-0.25, -0.2) is 4.52 Å². The van der Waals surface area contributed by atoms with E-state index in [9.17, 15) is 4.79 Å². The minimum atomic E-state index is -0.382. The molecule has 0 aliphatic carbocycles. The first kappa shape index (κ1) is 12.6. The summed E-state index contributed by atoms with van der Waals surface area (Å²) in [6.45, 7) is 1.76. The molecular weight excluding hydrogens is 254 g/mol. The van der Waals surface area contributed by atoms with Crippen molar-refractivity contribution in [3.8, 4) is 0 Å². The highest BCUT2D eigenvalue weighted by Gasteiger charge is 2.16. The molecule has 7 heteroatoms. The average molecular weight is 268 g/mol. The molecule has 1 atom stereocenters. The highest BCUT2D eigenvalue weighted by molar-refractivity contribution is 6.30. The van der Waals surface area contributed by atoms with E-state index in [1.165, 1.54) is 4.90 Å². The lowest BCUT2D eigenvalue weighted by molar-refractivity contribution is -0.129. The van der Waals surface area contributed by atoms with Crippen LogP contribution < -0.4 is 5.32 Å². The van der Waals surface area contributed by atoms with Gasteiger partial charge in [-0.05, 0) is 19.1 Å². The number of carbonyl (C=O) groups is 1. The predicted octanol–water partition coefficient (Wildman–Crippen LogP) is 1.27. The van der Waals surface area contributed by atoms with E-state index in [0.29, 0.717) is 16.6 Å². The second kappa shape index (κ2) is 4.81. The maximum Gasteiger partial charge on any atom is 0.244 e. The molecule has 0 radical (unpaired) electrons. The fourth-order valence-electron chi connectivity index (χ4n) is 1.56. The van der Waals surface area contributed by atoms with Gasteiger partial charge < -0.3 is 10.2 Å². The number of likely N-dealkylation sites (N-methyl/N-ethyl adjacent to an activating group) is 1. The third kappa shape index (κ3) is 2.53. The fourth-order valence-corrected chi connectivity index (χ4v) is 1.72. The Balaban J connectivity index is 2.19. The van der Waals surface area contributed by atoms with Crippen molar-refractivity contribution in [3.63, 3.8) is 0 Å². The smallest absolute Gasteiger partial charge is 0.244 e. The van der Waals surface area contributed by atoms with E-state index in [-0.39, 0.29) is 11.9 Å². The second-order valence-corrected chi connectivity index (χ2v) is 4.62. The van der Waals surface area contributed by atoms with Gasteiger partial charge >= 0.3 is 0 Å². The standard InChI is InChI=1S/C11H14ClN5O/c1-7(10(18)16(2)3)13-11-14-9-5-4-8(12)6-17(9)15-11/h4-7H,1-3H3,(H,13,15). The Morgan fingerprint density at radius 2 is 2.22 bits per heavy atom. The average Bonchev–Trinajstić information content (AvgIpc) is 2.68. The van der Waals surface area contributed by atoms with Crippen LogP contribution in [0.3, 0.4) is 0 Å². The van der Waals surface area contributed by atoms with Crippen LogP contribution in [0, 0.1) is 0 Å². The van der Waals surface area contributed by atoms with Crippen LogP contribution >= 0.6 is 11.6 Å². The summed E-state index contributed by atoms with van der Waals surface area (Å²) < 4.78 is 1.57. The SMILES string of the molecule is CC(Nc1nc2ccc(Cl)cn2n1)C(=O)N(C)C. The third-order valence-electron chi connectivity index (χ3n) is 2.45. The van der Waals surface area contributed by atoms with E-state index in [0.717, 1.165) is 0 Å². The van der Waals surface area contributed by atoms with Crippen molar-refractivity contribution in [3.05, 3.63) is 23.4 Å². The number of nitrogens with one attached hydrogen (secondary N) is 1. The second-order valence-electron chi connectivity index (χ2n) is 4.18. The highest BCUT2D eigenvalue weighted by Crippen LogP contribution is 2.12. The molecule has 0 aromatic carbocycles. The van der Waals surface area contributed by atoms with Gasteiger partial charge in [-0.2, -0.15) is 4.98 Å². The van der Waals surface area contributed by atoms with Crippen LogP contribution in [0.1, 0.15) is 6.92 Å². The molecule has 96 valence electrons. The number of carbonyl (C=O) groups excluding carboxylic acids is 1. The molecule has 1 amide bonds. The molecule has 0 bridgehead atoms. The van der Waals surface area contributed by atoms with E-state index in [1.807, 2.05) is 0 Å². The van der Waals surface area contributed by atoms with Gasteiger partial charge in [-0.1, -0.05) is 11.6 Å². The number of amides is 1. The Morgan fingerprint density at radius 3 is 2.89 bits per heavy atom. The van der Waals surface area contributed by atoms with Crippen molar-refractivity contribution in [1.82, 2.24) is 19.5 Å². The van der Waals surface area contributed by atoms with Gasteiger partial charge in [-0.3, -0.25) is 4.79 Å². The molecule has 1 N–H and O–H groups in total. The van der Waals surface area contributed by atoms with Gasteiger partial charge in [0, 0.05) is 20.3 Å². The summed E-state index contributed by atoms with van der Waals surface area (Å²) >= 11 is 5.86. The number of hydrogen-bond donors (Lipinski definition) is 1. The zero-order valence-electron chi connectivity index (χ0n) is 10.4. The summed E-state index contributed by atoms with van der Waals surface area (Å²) in [6, 6.07) is 3.12. The molecule has 2 heterocycles. The number of halogens is 1. The first-order valence-electron chi connectivity index (χ1n) is 5.47. The van der Waals surface area contributed by atoms with Crippen LogP contribution in [0.15, 0.2) is 18.3 Å². The number of rotatable bonds is 3. The molecule has 0 saturated heterocycles. The van der Waals surface area contributed by atoms with E-state index in [2.05, 4.69) is 15.4 Å². The number of aromatic nitrogens is 3. The zero-order valence-corrected chi connectivity index (χ0v) is 11.1. The normalized spacial score (nSPS) is 12.4. The van der Waals surface area contributed by atoms with Gasteiger partial charge in [0.2, 0.25) is 11.9 Å². The molecule has 6 nitrogen and oxygen atoms in total. The Hall–Kier alpha value is -1.82. The van der Waals surface area contributed by atoms with Crippen molar-refractivity contribution in [2.75, 3.05) is 19.4 Å². The Labute approximate surface area is 110 Å². The summed E-state index contributed by atoms with van der Waals surface area (Å²) in [5, 5.41) is 7.73. The molecule has 0 spiro atoms. The van der Waals surface area contributed by atoms with Crippen LogP contribution in [0.25, 0.3) is 5.65 Å². The topological polar surface area (TPSA) is 62.5 Å². The summed E-state index contributed by atoms with van der Waals surface area (Å²) in [5.41, 5.74) is 0.673. The molecule has 2 rings (SSSR count). The Morgan fingerprint density at radius 1 is 1.50 bits per heavy atom. The van der Waals surface area contributed by atoms with Crippen molar-refractivity contribution < 1.29 is 4.79 Å².